The third kappa shape index (κ3) is 2.56. The summed E-state index contributed by atoms with van der Waals surface area (Å²) in [6.45, 7) is 2.48. The highest BCUT2D eigenvalue weighted by atomic mass is 19.1. The normalized spacial score (nSPS) is 23.6. The quantitative estimate of drug-likeness (QED) is 0.908. The Morgan fingerprint density at radius 1 is 1.53 bits per heavy atom. The van der Waals surface area contributed by atoms with E-state index in [9.17, 15) is 9.18 Å². The Hall–Kier alpha value is -1.62. The zero-order chi connectivity index (χ0) is 14.0. The maximum atomic E-state index is 13.8. The Kier molecular flexibility index (Phi) is 4.04. The number of carbonyl (C=O) groups is 1. The lowest BCUT2D eigenvalue weighted by molar-refractivity contribution is -0.137. The predicted molar refractivity (Wildman–Crippen MR) is 70.3 cm³/mol. The van der Waals surface area contributed by atoms with Crippen molar-refractivity contribution in [3.63, 3.8) is 0 Å². The van der Waals surface area contributed by atoms with Gasteiger partial charge in [-0.2, -0.15) is 0 Å². The molecule has 1 saturated heterocycles. The first-order valence-electron chi connectivity index (χ1n) is 6.47. The summed E-state index contributed by atoms with van der Waals surface area (Å²) >= 11 is 0. The smallest absolute Gasteiger partial charge is 0.223 e. The molecule has 0 aliphatic carbocycles. The van der Waals surface area contributed by atoms with Crippen LogP contribution in [-0.2, 0) is 4.79 Å². The number of halogens is 1. The van der Waals surface area contributed by atoms with Gasteiger partial charge in [0, 0.05) is 19.0 Å². The molecule has 0 bridgehead atoms. The highest BCUT2D eigenvalue weighted by Gasteiger charge is 2.34. The summed E-state index contributed by atoms with van der Waals surface area (Å²) in [6, 6.07) is 4.33. The highest BCUT2D eigenvalue weighted by Crippen LogP contribution is 2.32. The molecule has 2 N–H and O–H groups in total. The van der Waals surface area contributed by atoms with Gasteiger partial charge in [0.15, 0.2) is 11.6 Å². The molecule has 1 aromatic rings. The van der Waals surface area contributed by atoms with E-state index in [1.807, 2.05) is 6.92 Å². The van der Waals surface area contributed by atoms with Crippen LogP contribution in [0.5, 0.6) is 5.75 Å². The fourth-order valence-electron chi connectivity index (χ4n) is 2.64. The molecule has 0 aromatic heterocycles. The molecule has 4 nitrogen and oxygen atoms in total. The van der Waals surface area contributed by atoms with Crippen LogP contribution in [0.25, 0.3) is 0 Å². The number of hydrogen-bond donors (Lipinski definition) is 1. The molecule has 2 atom stereocenters. The topological polar surface area (TPSA) is 55.6 Å². The number of ether oxygens (including phenoxy) is 1. The summed E-state index contributed by atoms with van der Waals surface area (Å²) in [5.41, 5.74) is 6.84. The minimum Gasteiger partial charge on any atom is -0.494 e. The number of carbonyl (C=O) groups excluding carboxylic acids is 1. The van der Waals surface area contributed by atoms with Gasteiger partial charge in [0.2, 0.25) is 5.91 Å². The fourth-order valence-corrected chi connectivity index (χ4v) is 2.64. The van der Waals surface area contributed by atoms with Gasteiger partial charge >= 0.3 is 0 Å². The summed E-state index contributed by atoms with van der Waals surface area (Å²) in [4.78, 5) is 13.6. The van der Waals surface area contributed by atoms with Crippen molar-refractivity contribution in [1.82, 2.24) is 4.90 Å². The van der Waals surface area contributed by atoms with Crippen molar-refractivity contribution in [3.8, 4) is 5.75 Å². The van der Waals surface area contributed by atoms with Crippen LogP contribution in [0.3, 0.4) is 0 Å². The van der Waals surface area contributed by atoms with Crippen molar-refractivity contribution in [2.24, 2.45) is 5.73 Å². The average Bonchev–Trinajstić information content (AvgIpc) is 2.41. The van der Waals surface area contributed by atoms with Crippen LogP contribution in [0.2, 0.25) is 0 Å². The Morgan fingerprint density at radius 3 is 2.84 bits per heavy atom. The number of hydrogen-bond acceptors (Lipinski definition) is 3. The monoisotopic (exact) mass is 266 g/mol. The highest BCUT2D eigenvalue weighted by molar-refractivity contribution is 5.77. The van der Waals surface area contributed by atoms with E-state index in [4.69, 9.17) is 10.5 Å². The molecule has 2 rings (SSSR count). The molecule has 19 heavy (non-hydrogen) atoms. The van der Waals surface area contributed by atoms with E-state index < -0.39 is 5.82 Å². The summed E-state index contributed by atoms with van der Waals surface area (Å²) < 4.78 is 18.7. The van der Waals surface area contributed by atoms with Crippen LogP contribution in [0.4, 0.5) is 4.39 Å². The maximum absolute atomic E-state index is 13.8. The van der Waals surface area contributed by atoms with E-state index in [-0.39, 0.29) is 23.7 Å². The lowest BCUT2D eigenvalue weighted by Gasteiger charge is -2.39. The lowest BCUT2D eigenvalue weighted by atomic mass is 9.90. The first-order chi connectivity index (χ1) is 9.08. The molecule has 2 unspecified atom stereocenters. The van der Waals surface area contributed by atoms with Crippen LogP contribution in [0.1, 0.15) is 31.4 Å². The van der Waals surface area contributed by atoms with Crippen LogP contribution in [0, 0.1) is 5.82 Å². The minimum atomic E-state index is -0.429. The third-order valence-corrected chi connectivity index (χ3v) is 3.61. The molecule has 0 radical (unpaired) electrons. The Balaban J connectivity index is 2.36. The van der Waals surface area contributed by atoms with Gasteiger partial charge in [-0.25, -0.2) is 4.39 Å². The number of nitrogens with two attached hydrogens (primary N) is 1. The maximum Gasteiger partial charge on any atom is 0.223 e. The molecule has 1 aromatic carbocycles. The molecular formula is C14H19FN2O2. The molecule has 5 heteroatoms. The standard InChI is InChI=1S/C14H19FN2O2/c1-3-17-13(18)7-5-11(16)14(17)9-4-6-12(19-2)10(15)8-9/h4,6,8,11,14H,3,5,7,16H2,1-2H3. The third-order valence-electron chi connectivity index (χ3n) is 3.61. The molecular weight excluding hydrogens is 247 g/mol. The van der Waals surface area contributed by atoms with Gasteiger partial charge < -0.3 is 15.4 Å². The number of amides is 1. The second kappa shape index (κ2) is 5.57. The van der Waals surface area contributed by atoms with Crippen molar-refractivity contribution >= 4 is 5.91 Å². The van der Waals surface area contributed by atoms with Crippen LogP contribution in [0.15, 0.2) is 18.2 Å². The second-order valence-electron chi connectivity index (χ2n) is 4.72. The lowest BCUT2D eigenvalue weighted by Crippen LogP contribution is -2.48. The molecule has 1 amide bonds. The largest absolute Gasteiger partial charge is 0.494 e. The Bertz CT molecular complexity index is 479. The average molecular weight is 266 g/mol. The number of likely N-dealkylation sites (tertiary alicyclic amines) is 1. The summed E-state index contributed by atoms with van der Waals surface area (Å²) in [7, 11) is 1.42. The van der Waals surface area contributed by atoms with Crippen LogP contribution >= 0.6 is 0 Å². The van der Waals surface area contributed by atoms with Gasteiger partial charge in [0.25, 0.3) is 0 Å². The summed E-state index contributed by atoms with van der Waals surface area (Å²) in [5, 5.41) is 0. The van der Waals surface area contributed by atoms with Gasteiger partial charge in [0.1, 0.15) is 0 Å². The number of nitrogens with zero attached hydrogens (tertiary/aromatic N) is 1. The van der Waals surface area contributed by atoms with E-state index in [1.54, 1.807) is 17.0 Å². The second-order valence-corrected chi connectivity index (χ2v) is 4.72. The van der Waals surface area contributed by atoms with Gasteiger partial charge in [-0.05, 0) is 31.0 Å². The first kappa shape index (κ1) is 13.8. The van der Waals surface area contributed by atoms with Crippen molar-refractivity contribution in [2.45, 2.75) is 31.8 Å². The molecule has 1 heterocycles. The van der Waals surface area contributed by atoms with E-state index in [2.05, 4.69) is 0 Å². The zero-order valence-corrected chi connectivity index (χ0v) is 11.2. The van der Waals surface area contributed by atoms with Crippen LogP contribution in [-0.4, -0.2) is 30.5 Å². The fraction of sp³-hybridized carbons (Fsp3) is 0.500. The van der Waals surface area contributed by atoms with Crippen molar-refractivity contribution < 1.29 is 13.9 Å². The zero-order valence-electron chi connectivity index (χ0n) is 11.2. The van der Waals surface area contributed by atoms with Crippen molar-refractivity contribution in [2.75, 3.05) is 13.7 Å². The van der Waals surface area contributed by atoms with Crippen molar-refractivity contribution in [1.29, 1.82) is 0 Å². The summed E-state index contributed by atoms with van der Waals surface area (Å²) in [5.74, 6) is -0.158. The number of likely N-dealkylation sites (N-methyl/N-ethyl adjacent to an activating group) is 1. The minimum absolute atomic E-state index is 0.0745. The first-order valence-corrected chi connectivity index (χ1v) is 6.47. The van der Waals surface area contributed by atoms with E-state index >= 15 is 0 Å². The van der Waals surface area contributed by atoms with Crippen LogP contribution < -0.4 is 10.5 Å². The molecule has 1 aliphatic heterocycles. The number of piperidine rings is 1. The molecule has 1 fully saturated rings. The predicted octanol–water partition coefficient (Wildman–Crippen LogP) is 1.84. The molecule has 1 aliphatic rings. The summed E-state index contributed by atoms with van der Waals surface area (Å²) in [6.07, 6.45) is 1.10. The molecule has 0 saturated carbocycles. The number of rotatable bonds is 3. The van der Waals surface area contributed by atoms with Crippen molar-refractivity contribution in [3.05, 3.63) is 29.6 Å². The van der Waals surface area contributed by atoms with E-state index in [0.29, 0.717) is 19.4 Å². The Labute approximate surface area is 112 Å². The van der Waals surface area contributed by atoms with Gasteiger partial charge in [-0.15, -0.1) is 0 Å². The molecule has 104 valence electrons. The van der Waals surface area contributed by atoms with Gasteiger partial charge in [-0.3, -0.25) is 4.79 Å². The SMILES string of the molecule is CCN1C(=O)CCC(N)C1c1ccc(OC)c(F)c1. The molecule has 0 spiro atoms. The van der Waals surface area contributed by atoms with E-state index in [0.717, 1.165) is 5.56 Å². The number of benzene rings is 1. The van der Waals surface area contributed by atoms with Gasteiger partial charge in [0.05, 0.1) is 13.2 Å². The van der Waals surface area contributed by atoms with Gasteiger partial charge in [-0.1, -0.05) is 6.07 Å². The van der Waals surface area contributed by atoms with E-state index in [1.165, 1.54) is 13.2 Å². The number of methoxy groups -OCH3 is 1. The Morgan fingerprint density at radius 2 is 2.26 bits per heavy atom.